The number of nitrogens with one attached hydrogen (secondary N) is 1. The molecule has 1 saturated heterocycles. The zero-order valence-corrected chi connectivity index (χ0v) is 18.8. The third-order valence-electron chi connectivity index (χ3n) is 4.49. The molecule has 0 radical (unpaired) electrons. The Labute approximate surface area is 186 Å². The highest BCUT2D eigenvalue weighted by atomic mass is 127. The monoisotopic (exact) mass is 516 g/mol. The summed E-state index contributed by atoms with van der Waals surface area (Å²) < 4.78 is 24.2. The summed E-state index contributed by atoms with van der Waals surface area (Å²) in [5, 5.41) is 3.28. The maximum atomic E-state index is 13.3. The molecule has 0 saturated carbocycles. The lowest BCUT2D eigenvalue weighted by Gasteiger charge is -2.36. The summed E-state index contributed by atoms with van der Waals surface area (Å²) in [4.78, 5) is 20.5. The number of carbonyl (C=O) groups excluding carboxylic acids is 1. The van der Waals surface area contributed by atoms with Crippen LogP contribution in [0.5, 0.6) is 5.75 Å². The van der Waals surface area contributed by atoms with Crippen LogP contribution in [0.3, 0.4) is 0 Å². The molecule has 158 valence electrons. The first kappa shape index (κ1) is 23.0. The van der Waals surface area contributed by atoms with Gasteiger partial charge in [-0.05, 0) is 31.2 Å². The lowest BCUT2D eigenvalue weighted by atomic mass is 10.3. The molecule has 1 aromatic heterocycles. The van der Waals surface area contributed by atoms with Crippen LogP contribution in [0.15, 0.2) is 52.1 Å². The minimum Gasteiger partial charge on any atom is -0.489 e. The van der Waals surface area contributed by atoms with Crippen LogP contribution >= 0.6 is 24.0 Å². The van der Waals surface area contributed by atoms with Crippen molar-refractivity contribution in [2.24, 2.45) is 4.99 Å². The van der Waals surface area contributed by atoms with E-state index in [0.717, 1.165) is 5.96 Å². The second-order valence-electron chi connectivity index (χ2n) is 6.57. The van der Waals surface area contributed by atoms with Gasteiger partial charge in [0.15, 0.2) is 11.7 Å². The third-order valence-corrected chi connectivity index (χ3v) is 4.49. The molecular formula is C20H26FIN4O3. The van der Waals surface area contributed by atoms with Crippen LogP contribution in [-0.4, -0.2) is 67.5 Å². The first-order valence-corrected chi connectivity index (χ1v) is 9.27. The van der Waals surface area contributed by atoms with E-state index < -0.39 is 0 Å². The number of nitrogens with zero attached hydrogens (tertiary/aromatic N) is 3. The van der Waals surface area contributed by atoms with Crippen LogP contribution in [-0.2, 0) is 0 Å². The van der Waals surface area contributed by atoms with Gasteiger partial charge in [-0.1, -0.05) is 6.07 Å². The van der Waals surface area contributed by atoms with E-state index in [9.17, 15) is 9.18 Å². The number of carbonyl (C=O) groups is 1. The van der Waals surface area contributed by atoms with Gasteiger partial charge in [0.25, 0.3) is 5.91 Å². The highest BCUT2D eigenvalue weighted by Crippen LogP contribution is 2.14. The molecule has 1 aliphatic heterocycles. The SMILES string of the molecule is CN=C(NCC(C)Oc1cccc(F)c1)N1CCN(C(=O)c2ccco2)CC1.I. The highest BCUT2D eigenvalue weighted by molar-refractivity contribution is 14.0. The molecule has 1 fully saturated rings. The zero-order chi connectivity index (χ0) is 19.9. The van der Waals surface area contributed by atoms with Crippen molar-refractivity contribution in [3.05, 3.63) is 54.2 Å². The number of rotatable bonds is 5. The first-order valence-electron chi connectivity index (χ1n) is 9.27. The van der Waals surface area contributed by atoms with Crippen LogP contribution in [0.4, 0.5) is 4.39 Å². The summed E-state index contributed by atoms with van der Waals surface area (Å²) in [6.45, 7) is 4.96. The van der Waals surface area contributed by atoms with E-state index in [-0.39, 0.29) is 41.8 Å². The molecule has 2 aromatic rings. The molecule has 1 aliphatic rings. The highest BCUT2D eigenvalue weighted by Gasteiger charge is 2.25. The number of furan rings is 1. The minimum absolute atomic E-state index is 0. The maximum Gasteiger partial charge on any atom is 0.289 e. The fourth-order valence-corrected chi connectivity index (χ4v) is 3.06. The van der Waals surface area contributed by atoms with Crippen molar-refractivity contribution in [3.63, 3.8) is 0 Å². The van der Waals surface area contributed by atoms with E-state index in [1.54, 1.807) is 36.2 Å². The first-order chi connectivity index (χ1) is 13.6. The summed E-state index contributed by atoms with van der Waals surface area (Å²) in [6, 6.07) is 9.48. The van der Waals surface area contributed by atoms with E-state index >= 15 is 0 Å². The lowest BCUT2D eigenvalue weighted by molar-refractivity contribution is 0.0657. The fourth-order valence-electron chi connectivity index (χ4n) is 3.06. The predicted molar refractivity (Wildman–Crippen MR) is 119 cm³/mol. The number of hydrogen-bond donors (Lipinski definition) is 1. The normalized spacial score (nSPS) is 15.5. The van der Waals surface area contributed by atoms with Gasteiger partial charge in [-0.25, -0.2) is 4.39 Å². The summed E-state index contributed by atoms with van der Waals surface area (Å²) in [5.41, 5.74) is 0. The van der Waals surface area contributed by atoms with Crippen LogP contribution in [0.25, 0.3) is 0 Å². The molecule has 1 atom stereocenters. The summed E-state index contributed by atoms with van der Waals surface area (Å²) in [6.07, 6.45) is 1.34. The zero-order valence-electron chi connectivity index (χ0n) is 16.5. The number of benzene rings is 1. The Kier molecular flexibility index (Phi) is 8.74. The van der Waals surface area contributed by atoms with Crippen molar-refractivity contribution in [1.29, 1.82) is 0 Å². The molecule has 3 rings (SSSR count). The lowest BCUT2D eigenvalue weighted by Crippen LogP contribution is -2.54. The Morgan fingerprint density at radius 3 is 2.59 bits per heavy atom. The molecule has 29 heavy (non-hydrogen) atoms. The van der Waals surface area contributed by atoms with Gasteiger partial charge in [-0.15, -0.1) is 24.0 Å². The van der Waals surface area contributed by atoms with E-state index in [1.807, 2.05) is 6.92 Å². The van der Waals surface area contributed by atoms with Crippen molar-refractivity contribution in [2.75, 3.05) is 39.8 Å². The molecule has 1 N–H and O–H groups in total. The van der Waals surface area contributed by atoms with Crippen molar-refractivity contribution in [3.8, 4) is 5.75 Å². The quantitative estimate of drug-likeness (QED) is 0.376. The minimum atomic E-state index is -0.324. The summed E-state index contributed by atoms with van der Waals surface area (Å²) in [7, 11) is 1.72. The third kappa shape index (κ3) is 6.34. The van der Waals surface area contributed by atoms with Crippen molar-refractivity contribution in [1.82, 2.24) is 15.1 Å². The molecule has 1 aromatic carbocycles. The van der Waals surface area contributed by atoms with Crippen molar-refractivity contribution in [2.45, 2.75) is 13.0 Å². The Bertz CT molecular complexity index is 808. The van der Waals surface area contributed by atoms with Crippen LogP contribution in [0.1, 0.15) is 17.5 Å². The number of amides is 1. The maximum absolute atomic E-state index is 13.3. The Morgan fingerprint density at radius 1 is 1.24 bits per heavy atom. The van der Waals surface area contributed by atoms with Gasteiger partial charge in [0.1, 0.15) is 17.7 Å². The van der Waals surface area contributed by atoms with Gasteiger partial charge in [-0.3, -0.25) is 9.79 Å². The summed E-state index contributed by atoms with van der Waals surface area (Å²) >= 11 is 0. The number of ether oxygens (including phenoxy) is 1. The Hall–Kier alpha value is -2.30. The Morgan fingerprint density at radius 2 is 1.97 bits per heavy atom. The second kappa shape index (κ2) is 11.0. The van der Waals surface area contributed by atoms with Gasteiger partial charge < -0.3 is 24.3 Å². The number of halogens is 2. The Balaban J connectivity index is 0.00000300. The number of hydrogen-bond acceptors (Lipinski definition) is 4. The van der Waals surface area contributed by atoms with E-state index in [2.05, 4.69) is 15.2 Å². The molecule has 2 heterocycles. The topological polar surface area (TPSA) is 70.3 Å². The van der Waals surface area contributed by atoms with Gasteiger partial charge in [0.2, 0.25) is 0 Å². The van der Waals surface area contributed by atoms with Gasteiger partial charge >= 0.3 is 0 Å². The van der Waals surface area contributed by atoms with Crippen LogP contribution < -0.4 is 10.1 Å². The molecule has 0 spiro atoms. The molecule has 7 nitrogen and oxygen atoms in total. The molecule has 0 bridgehead atoms. The fraction of sp³-hybridized carbons (Fsp3) is 0.400. The van der Waals surface area contributed by atoms with Crippen LogP contribution in [0.2, 0.25) is 0 Å². The number of piperazine rings is 1. The smallest absolute Gasteiger partial charge is 0.289 e. The van der Waals surface area contributed by atoms with Crippen molar-refractivity contribution >= 4 is 35.8 Å². The standard InChI is InChI=1S/C20H25FN4O3.HI/c1-15(28-17-6-3-5-16(21)13-17)14-23-20(22-2)25-10-8-24(9-11-25)19(26)18-7-4-12-27-18;/h3-7,12-13,15H,8-11,14H2,1-2H3,(H,22,23);1H. The second-order valence-corrected chi connectivity index (χ2v) is 6.57. The van der Waals surface area contributed by atoms with Gasteiger partial charge in [0, 0.05) is 39.3 Å². The van der Waals surface area contributed by atoms with Gasteiger partial charge in [0.05, 0.1) is 12.8 Å². The number of guanidine groups is 1. The van der Waals surface area contributed by atoms with Gasteiger partial charge in [-0.2, -0.15) is 0 Å². The average Bonchev–Trinajstić information content (AvgIpc) is 3.23. The average molecular weight is 516 g/mol. The predicted octanol–water partition coefficient (Wildman–Crippen LogP) is 2.84. The molecule has 0 aliphatic carbocycles. The molecular weight excluding hydrogens is 490 g/mol. The molecule has 9 heteroatoms. The van der Waals surface area contributed by atoms with Crippen molar-refractivity contribution < 1.29 is 18.3 Å². The summed E-state index contributed by atoms with van der Waals surface area (Å²) in [5.74, 6) is 1.19. The number of aliphatic imine (C=N–C) groups is 1. The molecule has 1 amide bonds. The molecule has 1 unspecified atom stereocenters. The van der Waals surface area contributed by atoms with E-state index in [1.165, 1.54) is 18.4 Å². The van der Waals surface area contributed by atoms with E-state index in [4.69, 9.17) is 9.15 Å². The largest absolute Gasteiger partial charge is 0.489 e. The van der Waals surface area contributed by atoms with Crippen LogP contribution in [0, 0.1) is 5.82 Å². The van der Waals surface area contributed by atoms with E-state index in [0.29, 0.717) is 44.2 Å².